The van der Waals surface area contributed by atoms with Crippen LogP contribution in [0.4, 0.5) is 4.79 Å². The van der Waals surface area contributed by atoms with Gasteiger partial charge in [-0.05, 0) is 30.4 Å². The maximum Gasteiger partial charge on any atom is 0.314 e. The van der Waals surface area contributed by atoms with E-state index in [1.807, 2.05) is 6.07 Å². The normalized spacial score (nSPS) is 20.4. The summed E-state index contributed by atoms with van der Waals surface area (Å²) in [6.07, 6.45) is 3.19. The number of carboxylic acid groups (broad SMARTS) is 1. The molecule has 0 heterocycles. The summed E-state index contributed by atoms with van der Waals surface area (Å²) in [7, 11) is 0. The Balaban J connectivity index is 1.91. The fourth-order valence-electron chi connectivity index (χ4n) is 2.94. The molecule has 1 aromatic rings. The van der Waals surface area contributed by atoms with Gasteiger partial charge in [-0.3, -0.25) is 4.79 Å². The SMILES string of the molecule is CC1(CNC(=O)NCCC(=O)O)CCCc2ccccc21. The topological polar surface area (TPSA) is 78.4 Å². The highest BCUT2D eigenvalue weighted by Gasteiger charge is 2.31. The van der Waals surface area contributed by atoms with Gasteiger partial charge in [-0.2, -0.15) is 0 Å². The van der Waals surface area contributed by atoms with Gasteiger partial charge < -0.3 is 15.7 Å². The minimum absolute atomic E-state index is 0.0566. The molecule has 0 saturated heterocycles. The van der Waals surface area contributed by atoms with E-state index in [-0.39, 0.29) is 24.4 Å². The summed E-state index contributed by atoms with van der Waals surface area (Å²) in [4.78, 5) is 22.1. The lowest BCUT2D eigenvalue weighted by Gasteiger charge is -2.36. The van der Waals surface area contributed by atoms with Gasteiger partial charge >= 0.3 is 12.0 Å². The van der Waals surface area contributed by atoms with E-state index >= 15 is 0 Å². The van der Waals surface area contributed by atoms with Crippen molar-refractivity contribution in [1.29, 1.82) is 0 Å². The van der Waals surface area contributed by atoms with Crippen molar-refractivity contribution in [3.8, 4) is 0 Å². The Morgan fingerprint density at radius 1 is 1.29 bits per heavy atom. The molecule has 0 radical (unpaired) electrons. The van der Waals surface area contributed by atoms with E-state index < -0.39 is 5.97 Å². The molecule has 3 N–H and O–H groups in total. The molecule has 0 bridgehead atoms. The van der Waals surface area contributed by atoms with Gasteiger partial charge in [-0.25, -0.2) is 4.79 Å². The Morgan fingerprint density at radius 2 is 2.05 bits per heavy atom. The first kappa shape index (κ1) is 15.4. The highest BCUT2D eigenvalue weighted by Crippen LogP contribution is 2.36. The Morgan fingerprint density at radius 3 is 2.81 bits per heavy atom. The molecule has 2 rings (SSSR count). The van der Waals surface area contributed by atoms with Crippen LogP contribution in [0, 0.1) is 0 Å². The molecule has 5 heteroatoms. The number of aliphatic carboxylic acids is 1. The lowest BCUT2D eigenvalue weighted by Crippen LogP contribution is -2.45. The molecular formula is C16H22N2O3. The van der Waals surface area contributed by atoms with Crippen LogP contribution in [-0.2, 0) is 16.6 Å². The van der Waals surface area contributed by atoms with E-state index in [2.05, 4.69) is 35.8 Å². The number of fused-ring (bicyclic) bond motifs is 1. The Labute approximate surface area is 124 Å². The van der Waals surface area contributed by atoms with E-state index in [1.54, 1.807) is 0 Å². The Hall–Kier alpha value is -2.04. The number of aryl methyl sites for hydroxylation is 1. The van der Waals surface area contributed by atoms with E-state index in [4.69, 9.17) is 5.11 Å². The first-order valence-electron chi connectivity index (χ1n) is 7.33. The molecule has 0 aromatic heterocycles. The smallest absolute Gasteiger partial charge is 0.314 e. The summed E-state index contributed by atoms with van der Waals surface area (Å²) in [5, 5.41) is 14.0. The van der Waals surface area contributed by atoms with Crippen LogP contribution in [0.25, 0.3) is 0 Å². The predicted molar refractivity (Wildman–Crippen MR) is 80.4 cm³/mol. The average Bonchev–Trinajstić information content (AvgIpc) is 2.45. The molecule has 0 aliphatic heterocycles. The second-order valence-corrected chi connectivity index (χ2v) is 5.82. The van der Waals surface area contributed by atoms with E-state index in [9.17, 15) is 9.59 Å². The minimum Gasteiger partial charge on any atom is -0.481 e. The highest BCUT2D eigenvalue weighted by molar-refractivity contribution is 5.75. The molecule has 1 aliphatic rings. The maximum absolute atomic E-state index is 11.7. The van der Waals surface area contributed by atoms with Crippen molar-refractivity contribution in [2.75, 3.05) is 13.1 Å². The van der Waals surface area contributed by atoms with Crippen molar-refractivity contribution in [3.05, 3.63) is 35.4 Å². The van der Waals surface area contributed by atoms with Crippen LogP contribution < -0.4 is 10.6 Å². The lowest BCUT2D eigenvalue weighted by molar-refractivity contribution is -0.136. The van der Waals surface area contributed by atoms with E-state index in [1.165, 1.54) is 11.1 Å². The molecule has 1 aliphatic carbocycles. The zero-order valence-electron chi connectivity index (χ0n) is 12.3. The van der Waals surface area contributed by atoms with Gasteiger partial charge in [-0.1, -0.05) is 31.2 Å². The largest absolute Gasteiger partial charge is 0.481 e. The zero-order chi connectivity index (χ0) is 15.3. The van der Waals surface area contributed by atoms with Gasteiger partial charge in [0.2, 0.25) is 0 Å². The summed E-state index contributed by atoms with van der Waals surface area (Å²) in [6, 6.07) is 8.07. The van der Waals surface area contributed by atoms with Crippen molar-refractivity contribution < 1.29 is 14.7 Å². The first-order valence-corrected chi connectivity index (χ1v) is 7.33. The number of rotatable bonds is 5. The fraction of sp³-hybridized carbons (Fsp3) is 0.500. The molecule has 2 amide bonds. The Bertz CT molecular complexity index is 530. The fourth-order valence-corrected chi connectivity index (χ4v) is 2.94. The number of carbonyl (C=O) groups is 2. The van der Waals surface area contributed by atoms with Crippen molar-refractivity contribution >= 4 is 12.0 Å². The molecule has 1 unspecified atom stereocenters. The Kier molecular flexibility index (Phi) is 4.83. The number of benzene rings is 1. The second-order valence-electron chi connectivity index (χ2n) is 5.82. The molecule has 0 spiro atoms. The van der Waals surface area contributed by atoms with Gasteiger partial charge in [0.25, 0.3) is 0 Å². The van der Waals surface area contributed by atoms with Gasteiger partial charge in [0, 0.05) is 18.5 Å². The van der Waals surface area contributed by atoms with Crippen molar-refractivity contribution in [1.82, 2.24) is 10.6 Å². The third-order valence-electron chi connectivity index (χ3n) is 4.11. The summed E-state index contributed by atoms with van der Waals surface area (Å²) >= 11 is 0. The molecule has 1 aromatic carbocycles. The van der Waals surface area contributed by atoms with Gasteiger partial charge in [0.15, 0.2) is 0 Å². The van der Waals surface area contributed by atoms with Gasteiger partial charge in [0.1, 0.15) is 0 Å². The number of carbonyl (C=O) groups excluding carboxylic acids is 1. The number of carboxylic acids is 1. The van der Waals surface area contributed by atoms with Crippen LogP contribution in [0.15, 0.2) is 24.3 Å². The van der Waals surface area contributed by atoms with Crippen LogP contribution in [-0.4, -0.2) is 30.2 Å². The van der Waals surface area contributed by atoms with Crippen LogP contribution >= 0.6 is 0 Å². The first-order chi connectivity index (χ1) is 10.0. The lowest BCUT2D eigenvalue weighted by atomic mass is 9.71. The van der Waals surface area contributed by atoms with Crippen molar-refractivity contribution in [3.63, 3.8) is 0 Å². The third-order valence-corrected chi connectivity index (χ3v) is 4.11. The monoisotopic (exact) mass is 290 g/mol. The summed E-state index contributed by atoms with van der Waals surface area (Å²) in [5.41, 5.74) is 2.61. The summed E-state index contributed by atoms with van der Waals surface area (Å²) in [5.74, 6) is -0.913. The van der Waals surface area contributed by atoms with Crippen LogP contribution in [0.5, 0.6) is 0 Å². The third kappa shape index (κ3) is 3.97. The quantitative estimate of drug-likeness (QED) is 0.776. The number of hydrogen-bond acceptors (Lipinski definition) is 2. The van der Waals surface area contributed by atoms with E-state index in [0.717, 1.165) is 19.3 Å². The molecule has 0 fully saturated rings. The second kappa shape index (κ2) is 6.61. The molecule has 114 valence electrons. The summed E-state index contributed by atoms with van der Waals surface area (Å²) in [6.45, 7) is 2.87. The van der Waals surface area contributed by atoms with Gasteiger partial charge in [-0.15, -0.1) is 0 Å². The molecule has 0 saturated carbocycles. The molecule has 21 heavy (non-hydrogen) atoms. The maximum atomic E-state index is 11.7. The average molecular weight is 290 g/mol. The molecular weight excluding hydrogens is 268 g/mol. The van der Waals surface area contributed by atoms with Gasteiger partial charge in [0.05, 0.1) is 6.42 Å². The standard InChI is InChI=1S/C16H22N2O3/c1-16(11-18-15(21)17-10-8-14(19)20)9-4-6-12-5-2-3-7-13(12)16/h2-3,5,7H,4,6,8-11H2,1H3,(H,19,20)(H2,17,18,21). The minimum atomic E-state index is -0.913. The predicted octanol–water partition coefficient (Wildman–Crippen LogP) is 2.05. The zero-order valence-corrected chi connectivity index (χ0v) is 12.3. The molecule has 5 nitrogen and oxygen atoms in total. The summed E-state index contributed by atoms with van der Waals surface area (Å²) < 4.78 is 0. The van der Waals surface area contributed by atoms with Crippen LogP contribution in [0.2, 0.25) is 0 Å². The number of hydrogen-bond donors (Lipinski definition) is 3. The number of nitrogens with one attached hydrogen (secondary N) is 2. The van der Waals surface area contributed by atoms with E-state index in [0.29, 0.717) is 6.54 Å². The highest BCUT2D eigenvalue weighted by atomic mass is 16.4. The molecule has 1 atom stereocenters. The number of urea groups is 1. The van der Waals surface area contributed by atoms with Crippen LogP contribution in [0.1, 0.15) is 37.3 Å². The van der Waals surface area contributed by atoms with Crippen LogP contribution in [0.3, 0.4) is 0 Å². The van der Waals surface area contributed by atoms with Crippen molar-refractivity contribution in [2.24, 2.45) is 0 Å². The van der Waals surface area contributed by atoms with Crippen molar-refractivity contribution in [2.45, 2.75) is 38.0 Å². The number of amides is 2.